The number of halogens is 1. The Hall–Kier alpha value is -1.39. The maximum absolute atomic E-state index is 12.0. The molecule has 1 N–H and O–H groups in total. The van der Waals surface area contributed by atoms with Gasteiger partial charge in [0.15, 0.2) is 0 Å². The number of aromatic nitrogens is 1. The largest absolute Gasteiger partial charge is 0.344 e. The fraction of sp³-hybridized carbons (Fsp3) is 0.500. The molecule has 0 bridgehead atoms. The summed E-state index contributed by atoms with van der Waals surface area (Å²) in [4.78, 5) is 18.4. The van der Waals surface area contributed by atoms with E-state index in [1.807, 2.05) is 37.2 Å². The van der Waals surface area contributed by atoms with Gasteiger partial charge in [-0.2, -0.15) is 0 Å². The van der Waals surface area contributed by atoms with Crippen molar-refractivity contribution >= 4 is 17.5 Å². The molecular weight excluding hydrogens is 286 g/mol. The minimum atomic E-state index is -0.0701. The molecule has 0 aromatic carbocycles. The zero-order valence-electron chi connectivity index (χ0n) is 12.6. The van der Waals surface area contributed by atoms with E-state index in [4.69, 9.17) is 11.6 Å². The van der Waals surface area contributed by atoms with Crippen LogP contribution >= 0.6 is 11.6 Å². The Morgan fingerprint density at radius 3 is 2.86 bits per heavy atom. The molecule has 1 unspecified atom stereocenters. The van der Waals surface area contributed by atoms with Crippen molar-refractivity contribution in [2.75, 3.05) is 20.6 Å². The number of nitrogens with one attached hydrogen (secondary N) is 1. The number of likely N-dealkylation sites (N-methyl/N-ethyl adjacent to an activating group) is 1. The minimum absolute atomic E-state index is 0.0359. The summed E-state index contributed by atoms with van der Waals surface area (Å²) in [5.41, 5.74) is 0.876. The van der Waals surface area contributed by atoms with Crippen molar-refractivity contribution in [2.45, 2.75) is 25.3 Å². The normalized spacial score (nSPS) is 16.4. The summed E-state index contributed by atoms with van der Waals surface area (Å²) < 4.78 is 0. The molecule has 1 saturated carbocycles. The Bertz CT molecular complexity index is 495. The van der Waals surface area contributed by atoms with Crippen molar-refractivity contribution in [3.05, 3.63) is 41.2 Å². The number of hydrogen-bond acceptors (Lipinski definition) is 3. The highest BCUT2D eigenvalue weighted by Crippen LogP contribution is 2.37. The monoisotopic (exact) mass is 307 g/mol. The van der Waals surface area contributed by atoms with Crippen LogP contribution < -0.4 is 5.32 Å². The lowest BCUT2D eigenvalue weighted by atomic mass is 10.1. The van der Waals surface area contributed by atoms with E-state index in [9.17, 15) is 4.79 Å². The van der Waals surface area contributed by atoms with Gasteiger partial charge in [0.2, 0.25) is 5.91 Å². The first-order valence-corrected chi connectivity index (χ1v) is 7.65. The van der Waals surface area contributed by atoms with Gasteiger partial charge in [0.1, 0.15) is 0 Å². The third kappa shape index (κ3) is 5.86. The summed E-state index contributed by atoms with van der Waals surface area (Å²) in [7, 11) is 3.94. The van der Waals surface area contributed by atoms with Crippen LogP contribution in [0.25, 0.3) is 0 Å². The van der Waals surface area contributed by atoms with Crippen molar-refractivity contribution in [3.8, 4) is 0 Å². The molecule has 5 heteroatoms. The molecule has 0 radical (unpaired) electrons. The molecule has 1 aromatic heterocycles. The molecule has 1 atom stereocenters. The van der Waals surface area contributed by atoms with Crippen molar-refractivity contribution < 1.29 is 4.79 Å². The van der Waals surface area contributed by atoms with Gasteiger partial charge in [-0.15, -0.1) is 0 Å². The van der Waals surface area contributed by atoms with Crippen LogP contribution in [0.3, 0.4) is 0 Å². The first-order chi connectivity index (χ1) is 10.0. The number of rotatable bonds is 7. The van der Waals surface area contributed by atoms with E-state index in [0.717, 1.165) is 18.7 Å². The molecule has 2 rings (SSSR count). The highest BCUT2D eigenvalue weighted by Gasteiger charge is 2.27. The summed E-state index contributed by atoms with van der Waals surface area (Å²) in [5.74, 6) is 0.637. The molecular formula is C16H22ClN3O. The molecule has 0 spiro atoms. The van der Waals surface area contributed by atoms with E-state index in [1.165, 1.54) is 12.8 Å². The topological polar surface area (TPSA) is 45.2 Å². The second-order valence-electron chi connectivity index (χ2n) is 5.81. The highest BCUT2D eigenvalue weighted by atomic mass is 35.5. The Labute approximate surface area is 131 Å². The second kappa shape index (κ2) is 7.57. The number of amides is 1. The molecule has 1 fully saturated rings. The van der Waals surface area contributed by atoms with E-state index >= 15 is 0 Å². The van der Waals surface area contributed by atoms with Crippen LogP contribution in [-0.2, 0) is 4.79 Å². The molecule has 114 valence electrons. The number of pyridine rings is 1. The van der Waals surface area contributed by atoms with E-state index in [0.29, 0.717) is 10.9 Å². The summed E-state index contributed by atoms with van der Waals surface area (Å²) >= 11 is 5.87. The van der Waals surface area contributed by atoms with Gasteiger partial charge in [0, 0.05) is 18.8 Å². The van der Waals surface area contributed by atoms with Crippen LogP contribution in [0, 0.1) is 5.92 Å². The average molecular weight is 308 g/mol. The van der Waals surface area contributed by atoms with Gasteiger partial charge < -0.3 is 10.2 Å². The van der Waals surface area contributed by atoms with Crippen molar-refractivity contribution in [1.82, 2.24) is 15.2 Å². The molecule has 0 aliphatic heterocycles. The van der Waals surface area contributed by atoms with Crippen LogP contribution in [0.1, 0.15) is 31.0 Å². The lowest BCUT2D eigenvalue weighted by Crippen LogP contribution is -2.28. The molecule has 1 aliphatic rings. The van der Waals surface area contributed by atoms with Crippen LogP contribution in [0.2, 0.25) is 5.02 Å². The quantitative estimate of drug-likeness (QED) is 0.788. The van der Waals surface area contributed by atoms with E-state index < -0.39 is 0 Å². The first kappa shape index (κ1) is 16.0. The lowest BCUT2D eigenvalue weighted by molar-refractivity contribution is -0.117. The van der Waals surface area contributed by atoms with Crippen LogP contribution in [0.4, 0.5) is 0 Å². The third-order valence-corrected chi connectivity index (χ3v) is 3.65. The van der Waals surface area contributed by atoms with Crippen LogP contribution in [0.15, 0.2) is 30.5 Å². The highest BCUT2D eigenvalue weighted by molar-refractivity contribution is 6.30. The Morgan fingerprint density at radius 2 is 2.29 bits per heavy atom. The van der Waals surface area contributed by atoms with Crippen molar-refractivity contribution in [1.29, 1.82) is 0 Å². The fourth-order valence-electron chi connectivity index (χ4n) is 2.12. The van der Waals surface area contributed by atoms with Gasteiger partial charge >= 0.3 is 0 Å². The Morgan fingerprint density at radius 1 is 1.52 bits per heavy atom. The third-order valence-electron chi connectivity index (χ3n) is 3.43. The smallest absolute Gasteiger partial charge is 0.244 e. The zero-order chi connectivity index (χ0) is 15.2. The van der Waals surface area contributed by atoms with Crippen molar-refractivity contribution in [3.63, 3.8) is 0 Å². The molecule has 4 nitrogen and oxygen atoms in total. The maximum atomic E-state index is 12.0. The van der Waals surface area contributed by atoms with E-state index in [2.05, 4.69) is 10.3 Å². The molecule has 1 heterocycles. The standard InChI is InChI=1S/C16H22ClN3O/c1-20(2)9-3-4-16(21)19-15(10-12-5-6-12)14-8-7-13(17)11-18-14/h3-4,7-8,11-12,15H,5-6,9-10H2,1-2H3,(H,19,21)/b4-3+. The zero-order valence-corrected chi connectivity index (χ0v) is 13.3. The number of carbonyl (C=O) groups excluding carboxylic acids is 1. The maximum Gasteiger partial charge on any atom is 0.244 e. The predicted molar refractivity (Wildman–Crippen MR) is 85.2 cm³/mol. The van der Waals surface area contributed by atoms with Gasteiger partial charge in [-0.3, -0.25) is 9.78 Å². The summed E-state index contributed by atoms with van der Waals surface area (Å²) in [6.45, 7) is 0.750. The van der Waals surface area contributed by atoms with Crippen LogP contribution in [-0.4, -0.2) is 36.4 Å². The van der Waals surface area contributed by atoms with Gasteiger partial charge in [0.05, 0.1) is 16.8 Å². The Balaban J connectivity index is 1.97. The Kier molecular flexibility index (Phi) is 5.76. The average Bonchev–Trinajstić information content (AvgIpc) is 3.22. The van der Waals surface area contributed by atoms with Gasteiger partial charge in [-0.1, -0.05) is 30.5 Å². The van der Waals surface area contributed by atoms with Gasteiger partial charge in [-0.25, -0.2) is 0 Å². The van der Waals surface area contributed by atoms with Gasteiger partial charge in [-0.05, 0) is 38.6 Å². The minimum Gasteiger partial charge on any atom is -0.344 e. The summed E-state index contributed by atoms with van der Waals surface area (Å²) in [6.07, 6.45) is 8.52. The lowest BCUT2D eigenvalue weighted by Gasteiger charge is -2.17. The second-order valence-corrected chi connectivity index (χ2v) is 6.24. The molecule has 21 heavy (non-hydrogen) atoms. The predicted octanol–water partition coefficient (Wildman–Crippen LogP) is 2.81. The number of carbonyl (C=O) groups is 1. The molecule has 1 aromatic rings. The SMILES string of the molecule is CN(C)C/C=C/C(=O)NC(CC1CC1)c1ccc(Cl)cn1. The molecule has 0 saturated heterocycles. The van der Waals surface area contributed by atoms with Crippen molar-refractivity contribution in [2.24, 2.45) is 5.92 Å². The van der Waals surface area contributed by atoms with E-state index in [1.54, 1.807) is 12.3 Å². The molecule has 1 aliphatic carbocycles. The molecule has 1 amide bonds. The summed E-state index contributed by atoms with van der Waals surface area (Å²) in [5, 5.41) is 3.66. The fourth-order valence-corrected chi connectivity index (χ4v) is 2.24. The van der Waals surface area contributed by atoms with Crippen LogP contribution in [0.5, 0.6) is 0 Å². The first-order valence-electron chi connectivity index (χ1n) is 7.28. The number of hydrogen-bond donors (Lipinski definition) is 1. The van der Waals surface area contributed by atoms with Gasteiger partial charge in [0.25, 0.3) is 0 Å². The van der Waals surface area contributed by atoms with E-state index in [-0.39, 0.29) is 11.9 Å². The number of nitrogens with zero attached hydrogens (tertiary/aromatic N) is 2. The summed E-state index contributed by atoms with van der Waals surface area (Å²) in [6, 6.07) is 3.67.